The first-order valence-electron chi connectivity index (χ1n) is 12.1. The molecule has 0 aromatic carbocycles. The fourth-order valence-corrected chi connectivity index (χ4v) is 5.05. The Morgan fingerprint density at radius 1 is 1.00 bits per heavy atom. The third-order valence-corrected chi connectivity index (χ3v) is 7.58. The standard InChI is InChI=1S/C24H27N9O.ClH/c1-24(6-7-24)33-23-17(21(25)29-12-30-23)18(31-33)19-16(20(34-32-19)14-2-3-14)22-27-10-15(11-28-22)13-4-8-26-9-5-13;/h10-14,26H,2-9H2,1H3,(H2,25,29,30);1H. The van der Waals surface area contributed by atoms with Crippen LogP contribution in [0, 0.1) is 0 Å². The molecular weight excluding hydrogens is 466 g/mol. The maximum absolute atomic E-state index is 6.34. The van der Waals surface area contributed by atoms with E-state index in [2.05, 4.69) is 27.4 Å². The number of nitrogens with two attached hydrogens (primary N) is 1. The minimum absolute atomic E-state index is 0. The summed E-state index contributed by atoms with van der Waals surface area (Å²) in [6.07, 6.45) is 11.9. The van der Waals surface area contributed by atoms with Crippen LogP contribution in [-0.4, -0.2) is 48.0 Å². The largest absolute Gasteiger partial charge is 0.383 e. The van der Waals surface area contributed by atoms with Gasteiger partial charge >= 0.3 is 0 Å². The van der Waals surface area contributed by atoms with Crippen LogP contribution in [0.2, 0.25) is 0 Å². The highest BCUT2D eigenvalue weighted by Crippen LogP contribution is 2.49. The fourth-order valence-electron chi connectivity index (χ4n) is 5.05. The summed E-state index contributed by atoms with van der Waals surface area (Å²) in [5.74, 6) is 2.68. The molecule has 11 heteroatoms. The van der Waals surface area contributed by atoms with E-state index in [9.17, 15) is 0 Å². The predicted molar refractivity (Wildman–Crippen MR) is 133 cm³/mol. The second-order valence-corrected chi connectivity index (χ2v) is 10.1. The molecule has 3 aliphatic rings. The molecule has 2 aliphatic carbocycles. The molecule has 0 spiro atoms. The third-order valence-electron chi connectivity index (χ3n) is 7.58. The number of aromatic nitrogens is 7. The van der Waals surface area contributed by atoms with Crippen LogP contribution in [0.4, 0.5) is 5.82 Å². The number of hydrogen-bond acceptors (Lipinski definition) is 9. The lowest BCUT2D eigenvalue weighted by Crippen LogP contribution is -2.26. The molecule has 4 aromatic rings. The summed E-state index contributed by atoms with van der Waals surface area (Å²) in [5, 5.41) is 13.6. The van der Waals surface area contributed by atoms with Crippen LogP contribution in [0.1, 0.15) is 68.6 Å². The van der Waals surface area contributed by atoms with E-state index >= 15 is 0 Å². The van der Waals surface area contributed by atoms with Gasteiger partial charge < -0.3 is 15.6 Å². The quantitative estimate of drug-likeness (QED) is 0.425. The van der Waals surface area contributed by atoms with Crippen molar-refractivity contribution in [1.29, 1.82) is 0 Å². The molecule has 3 N–H and O–H groups in total. The summed E-state index contributed by atoms with van der Waals surface area (Å²) in [7, 11) is 0. The predicted octanol–water partition coefficient (Wildman–Crippen LogP) is 3.80. The fraction of sp³-hybridized carbons (Fsp3) is 0.500. The Kier molecular flexibility index (Phi) is 5.26. The van der Waals surface area contributed by atoms with Crippen molar-refractivity contribution in [2.45, 2.75) is 62.8 Å². The Bertz CT molecular complexity index is 1380. The molecular formula is C24H28ClN9O. The highest BCUT2D eigenvalue weighted by Gasteiger charge is 2.43. The zero-order chi connectivity index (χ0) is 22.9. The number of nitrogens with one attached hydrogen (secondary N) is 1. The van der Waals surface area contributed by atoms with Gasteiger partial charge in [0.2, 0.25) is 0 Å². The van der Waals surface area contributed by atoms with Gasteiger partial charge in [-0.1, -0.05) is 5.16 Å². The highest BCUT2D eigenvalue weighted by atomic mass is 35.5. The molecule has 0 bridgehead atoms. The summed E-state index contributed by atoms with van der Waals surface area (Å²) in [6.45, 7) is 4.25. The Hall–Kier alpha value is -3.11. The van der Waals surface area contributed by atoms with Gasteiger partial charge in [-0.2, -0.15) is 5.10 Å². The summed E-state index contributed by atoms with van der Waals surface area (Å²) in [6, 6.07) is 0. The second-order valence-electron chi connectivity index (χ2n) is 10.1. The zero-order valence-electron chi connectivity index (χ0n) is 19.6. The number of fused-ring (bicyclic) bond motifs is 1. The molecule has 2 saturated carbocycles. The first-order valence-corrected chi connectivity index (χ1v) is 12.1. The highest BCUT2D eigenvalue weighted by molar-refractivity contribution is 6.00. The lowest BCUT2D eigenvalue weighted by Gasteiger charge is -2.22. The number of hydrogen-bond donors (Lipinski definition) is 2. The van der Waals surface area contributed by atoms with Crippen molar-refractivity contribution in [1.82, 2.24) is 40.2 Å². The summed E-state index contributed by atoms with van der Waals surface area (Å²) in [5.41, 5.74) is 10.3. The summed E-state index contributed by atoms with van der Waals surface area (Å²) >= 11 is 0. The first-order chi connectivity index (χ1) is 16.6. The lowest BCUT2D eigenvalue weighted by molar-refractivity contribution is 0.386. The van der Waals surface area contributed by atoms with Crippen LogP contribution in [-0.2, 0) is 5.54 Å². The van der Waals surface area contributed by atoms with Crippen molar-refractivity contribution in [2.24, 2.45) is 0 Å². The maximum atomic E-state index is 6.34. The van der Waals surface area contributed by atoms with E-state index in [1.54, 1.807) is 0 Å². The SMILES string of the molecule is CC1(n2nc(-c3noc(C4CC4)c3-c3ncc(C4CCNCC4)cn3)c3c(N)ncnc32)CC1.Cl. The van der Waals surface area contributed by atoms with Crippen molar-refractivity contribution in [2.75, 3.05) is 18.8 Å². The van der Waals surface area contributed by atoms with Gasteiger partial charge in [0.15, 0.2) is 17.2 Å². The van der Waals surface area contributed by atoms with Gasteiger partial charge in [0.25, 0.3) is 0 Å². The van der Waals surface area contributed by atoms with E-state index in [0.29, 0.717) is 40.3 Å². The molecule has 7 rings (SSSR count). The van der Waals surface area contributed by atoms with E-state index in [0.717, 1.165) is 68.6 Å². The molecule has 0 atom stereocenters. The smallest absolute Gasteiger partial charge is 0.165 e. The molecule has 1 saturated heterocycles. The number of piperidine rings is 1. The second kappa shape index (κ2) is 8.23. The first kappa shape index (κ1) is 22.4. The normalized spacial score (nSPS) is 19.6. The van der Waals surface area contributed by atoms with Crippen molar-refractivity contribution in [3.8, 4) is 22.8 Å². The number of nitrogens with zero attached hydrogens (tertiary/aromatic N) is 7. The van der Waals surface area contributed by atoms with Gasteiger partial charge in [0, 0.05) is 18.3 Å². The van der Waals surface area contributed by atoms with Crippen LogP contribution in [0.15, 0.2) is 23.2 Å². The van der Waals surface area contributed by atoms with Crippen molar-refractivity contribution >= 4 is 29.3 Å². The Balaban J connectivity index is 0.00000229. The van der Waals surface area contributed by atoms with Gasteiger partial charge in [-0.3, -0.25) is 0 Å². The van der Waals surface area contributed by atoms with Crippen molar-refractivity contribution in [3.63, 3.8) is 0 Å². The number of halogens is 1. The Morgan fingerprint density at radius 2 is 1.74 bits per heavy atom. The van der Waals surface area contributed by atoms with Crippen LogP contribution in [0.25, 0.3) is 33.8 Å². The maximum Gasteiger partial charge on any atom is 0.165 e. The van der Waals surface area contributed by atoms with E-state index < -0.39 is 0 Å². The molecule has 35 heavy (non-hydrogen) atoms. The summed E-state index contributed by atoms with van der Waals surface area (Å²) < 4.78 is 7.88. The Morgan fingerprint density at radius 3 is 2.43 bits per heavy atom. The van der Waals surface area contributed by atoms with E-state index in [4.69, 9.17) is 25.3 Å². The topological polar surface area (TPSA) is 133 Å². The molecule has 10 nitrogen and oxygen atoms in total. The molecule has 5 heterocycles. The molecule has 0 unspecified atom stereocenters. The number of rotatable bonds is 5. The van der Waals surface area contributed by atoms with Crippen LogP contribution in [0.5, 0.6) is 0 Å². The zero-order valence-corrected chi connectivity index (χ0v) is 20.4. The van der Waals surface area contributed by atoms with E-state index in [-0.39, 0.29) is 17.9 Å². The third kappa shape index (κ3) is 3.66. The van der Waals surface area contributed by atoms with Gasteiger partial charge in [-0.15, -0.1) is 12.4 Å². The molecule has 3 fully saturated rings. The van der Waals surface area contributed by atoms with Gasteiger partial charge in [-0.25, -0.2) is 24.6 Å². The molecule has 1 aliphatic heterocycles. The molecule has 4 aromatic heterocycles. The molecule has 0 radical (unpaired) electrons. The van der Waals surface area contributed by atoms with Gasteiger partial charge in [0.05, 0.1) is 16.5 Å². The molecule has 182 valence electrons. The summed E-state index contributed by atoms with van der Waals surface area (Å²) in [4.78, 5) is 18.4. The minimum Gasteiger partial charge on any atom is -0.383 e. The van der Waals surface area contributed by atoms with E-state index in [1.165, 1.54) is 11.9 Å². The average Bonchev–Trinajstić information content (AvgIpc) is 3.77. The van der Waals surface area contributed by atoms with Crippen LogP contribution >= 0.6 is 12.4 Å². The van der Waals surface area contributed by atoms with Crippen molar-refractivity contribution < 1.29 is 4.52 Å². The number of anilines is 1. The number of nitrogen functional groups attached to an aromatic ring is 1. The van der Waals surface area contributed by atoms with Gasteiger partial charge in [-0.05, 0) is 70.0 Å². The van der Waals surface area contributed by atoms with Crippen molar-refractivity contribution in [3.05, 3.63) is 30.0 Å². The minimum atomic E-state index is -0.0620. The van der Waals surface area contributed by atoms with Crippen LogP contribution in [0.3, 0.4) is 0 Å². The van der Waals surface area contributed by atoms with Crippen LogP contribution < -0.4 is 11.1 Å². The lowest BCUT2D eigenvalue weighted by atomic mass is 9.92. The average molecular weight is 494 g/mol. The van der Waals surface area contributed by atoms with Gasteiger partial charge in [0.1, 0.15) is 23.5 Å². The molecule has 0 amide bonds. The van der Waals surface area contributed by atoms with E-state index in [1.807, 2.05) is 17.1 Å². The Labute approximate surface area is 208 Å². The monoisotopic (exact) mass is 493 g/mol.